The molecule has 5 nitrogen and oxygen atoms in total. The van der Waals surface area contributed by atoms with Crippen LogP contribution in [0.15, 0.2) is 41.3 Å². The van der Waals surface area contributed by atoms with E-state index in [-0.39, 0.29) is 11.5 Å². The largest absolute Gasteiger partial charge is 0.497 e. The third-order valence-corrected chi connectivity index (χ3v) is 5.01. The van der Waals surface area contributed by atoms with Gasteiger partial charge in [0.2, 0.25) is 0 Å². The first kappa shape index (κ1) is 16.3. The number of rotatable bonds is 5. The first-order valence-electron chi connectivity index (χ1n) is 6.75. The lowest BCUT2D eigenvalue weighted by molar-refractivity contribution is 0.282. The number of hydrogen-bond donors (Lipinski definition) is 2. The van der Waals surface area contributed by atoms with E-state index in [0.29, 0.717) is 22.6 Å². The van der Waals surface area contributed by atoms with Crippen LogP contribution in [0.3, 0.4) is 0 Å². The van der Waals surface area contributed by atoms with Gasteiger partial charge in [-0.2, -0.15) is 0 Å². The summed E-state index contributed by atoms with van der Waals surface area (Å²) in [7, 11) is -2.14. The molecule has 2 rings (SSSR count). The summed E-state index contributed by atoms with van der Waals surface area (Å²) < 4.78 is 32.9. The van der Waals surface area contributed by atoms with Crippen molar-refractivity contribution < 1.29 is 18.3 Å². The molecule has 0 atom stereocenters. The van der Waals surface area contributed by atoms with Crippen LogP contribution in [0, 0.1) is 13.8 Å². The van der Waals surface area contributed by atoms with Crippen molar-refractivity contribution >= 4 is 15.7 Å². The van der Waals surface area contributed by atoms with Crippen LogP contribution in [0.2, 0.25) is 0 Å². The molecule has 0 aliphatic heterocycles. The Morgan fingerprint density at radius 1 is 1.09 bits per heavy atom. The van der Waals surface area contributed by atoms with Crippen LogP contribution in [0.4, 0.5) is 5.69 Å². The van der Waals surface area contributed by atoms with E-state index in [4.69, 9.17) is 9.84 Å². The number of methoxy groups -OCH3 is 1. The van der Waals surface area contributed by atoms with Crippen molar-refractivity contribution in [2.24, 2.45) is 0 Å². The molecule has 0 unspecified atom stereocenters. The molecule has 0 bridgehead atoms. The normalized spacial score (nSPS) is 11.3. The van der Waals surface area contributed by atoms with Crippen LogP contribution in [0.1, 0.15) is 16.7 Å². The lowest BCUT2D eigenvalue weighted by Crippen LogP contribution is -2.15. The molecule has 118 valence electrons. The molecule has 0 saturated carbocycles. The summed E-state index contributed by atoms with van der Waals surface area (Å²) in [6.45, 7) is 3.39. The zero-order valence-electron chi connectivity index (χ0n) is 12.8. The Morgan fingerprint density at radius 2 is 1.64 bits per heavy atom. The summed E-state index contributed by atoms with van der Waals surface area (Å²) in [5.41, 5.74) is 2.42. The Kier molecular flexibility index (Phi) is 4.73. The zero-order valence-corrected chi connectivity index (χ0v) is 13.6. The SMILES string of the molecule is COc1cc(C)c(S(=O)(=O)Nc2ccc(CO)cc2)c(C)c1. The lowest BCUT2D eigenvalue weighted by Gasteiger charge is -2.14. The summed E-state index contributed by atoms with van der Waals surface area (Å²) >= 11 is 0. The van der Waals surface area contributed by atoms with Gasteiger partial charge < -0.3 is 9.84 Å². The number of aryl methyl sites for hydroxylation is 2. The van der Waals surface area contributed by atoms with E-state index in [1.807, 2.05) is 0 Å². The molecule has 22 heavy (non-hydrogen) atoms. The molecule has 2 aromatic carbocycles. The van der Waals surface area contributed by atoms with Gasteiger partial charge in [-0.15, -0.1) is 0 Å². The molecule has 6 heteroatoms. The molecule has 0 heterocycles. The number of aliphatic hydroxyl groups excluding tert-OH is 1. The number of anilines is 1. The van der Waals surface area contributed by atoms with Crippen molar-refractivity contribution in [1.29, 1.82) is 0 Å². The van der Waals surface area contributed by atoms with Crippen LogP contribution in [-0.2, 0) is 16.6 Å². The number of hydrogen-bond acceptors (Lipinski definition) is 4. The summed E-state index contributed by atoms with van der Waals surface area (Å²) in [6.07, 6.45) is 0. The molecule has 0 aromatic heterocycles. The highest BCUT2D eigenvalue weighted by molar-refractivity contribution is 7.92. The predicted octanol–water partition coefficient (Wildman–Crippen LogP) is 2.61. The van der Waals surface area contributed by atoms with Crippen molar-refractivity contribution in [2.75, 3.05) is 11.8 Å². The second-order valence-corrected chi connectivity index (χ2v) is 6.67. The second-order valence-electron chi connectivity index (χ2n) is 5.05. The van der Waals surface area contributed by atoms with E-state index in [2.05, 4.69) is 4.72 Å². The minimum atomic E-state index is -3.69. The molecular weight excluding hydrogens is 302 g/mol. The Bertz CT molecular complexity index is 744. The zero-order chi connectivity index (χ0) is 16.3. The number of aliphatic hydroxyl groups is 1. The van der Waals surface area contributed by atoms with E-state index < -0.39 is 10.0 Å². The number of sulfonamides is 1. The van der Waals surface area contributed by atoms with Crippen LogP contribution in [0.25, 0.3) is 0 Å². The summed E-state index contributed by atoms with van der Waals surface area (Å²) in [6, 6.07) is 9.97. The van der Waals surface area contributed by atoms with Crippen molar-refractivity contribution in [3.05, 3.63) is 53.1 Å². The predicted molar refractivity (Wildman–Crippen MR) is 85.6 cm³/mol. The monoisotopic (exact) mass is 321 g/mol. The molecule has 0 spiro atoms. The topological polar surface area (TPSA) is 75.6 Å². The number of benzene rings is 2. The van der Waals surface area contributed by atoms with E-state index in [0.717, 1.165) is 5.56 Å². The molecule has 2 aromatic rings. The number of ether oxygens (including phenoxy) is 1. The maximum absolute atomic E-state index is 12.6. The van der Waals surface area contributed by atoms with Gasteiger partial charge in [-0.3, -0.25) is 4.72 Å². The van der Waals surface area contributed by atoms with Crippen molar-refractivity contribution in [3.8, 4) is 5.75 Å². The average molecular weight is 321 g/mol. The van der Waals surface area contributed by atoms with E-state index in [1.54, 1.807) is 57.4 Å². The highest BCUT2D eigenvalue weighted by atomic mass is 32.2. The minimum Gasteiger partial charge on any atom is -0.497 e. The Balaban J connectivity index is 2.38. The van der Waals surface area contributed by atoms with Gasteiger partial charge in [0.1, 0.15) is 5.75 Å². The fourth-order valence-electron chi connectivity index (χ4n) is 2.34. The Labute approximate surface area is 130 Å². The molecule has 2 N–H and O–H groups in total. The average Bonchev–Trinajstić information content (AvgIpc) is 2.46. The van der Waals surface area contributed by atoms with Gasteiger partial charge >= 0.3 is 0 Å². The highest BCUT2D eigenvalue weighted by Crippen LogP contribution is 2.27. The quantitative estimate of drug-likeness (QED) is 0.887. The summed E-state index contributed by atoms with van der Waals surface area (Å²) in [5.74, 6) is 0.626. The van der Waals surface area contributed by atoms with Crippen LogP contribution in [-0.4, -0.2) is 20.6 Å². The maximum Gasteiger partial charge on any atom is 0.262 e. The second kappa shape index (κ2) is 6.37. The third-order valence-electron chi connectivity index (χ3n) is 3.33. The molecule has 0 amide bonds. The van der Waals surface area contributed by atoms with Gasteiger partial charge in [-0.1, -0.05) is 12.1 Å². The van der Waals surface area contributed by atoms with Gasteiger partial charge in [0, 0.05) is 5.69 Å². The standard InChI is InChI=1S/C16H19NO4S/c1-11-8-15(21-3)9-12(2)16(11)22(19,20)17-14-6-4-13(10-18)5-7-14/h4-9,17-18H,10H2,1-3H3. The molecule has 0 radical (unpaired) electrons. The van der Waals surface area contributed by atoms with Crippen LogP contribution in [0.5, 0.6) is 5.75 Å². The smallest absolute Gasteiger partial charge is 0.262 e. The first-order valence-corrected chi connectivity index (χ1v) is 8.23. The molecule has 0 aliphatic carbocycles. The summed E-state index contributed by atoms with van der Waals surface area (Å²) in [5, 5.41) is 9.01. The molecule has 0 fully saturated rings. The fourth-order valence-corrected chi connectivity index (χ4v) is 3.85. The molecular formula is C16H19NO4S. The van der Waals surface area contributed by atoms with E-state index in [9.17, 15) is 8.42 Å². The first-order chi connectivity index (χ1) is 10.4. The minimum absolute atomic E-state index is 0.0796. The van der Waals surface area contributed by atoms with Gasteiger partial charge in [-0.05, 0) is 54.8 Å². The van der Waals surface area contributed by atoms with Crippen molar-refractivity contribution in [3.63, 3.8) is 0 Å². The lowest BCUT2D eigenvalue weighted by atomic mass is 10.1. The van der Waals surface area contributed by atoms with Gasteiger partial charge in [0.05, 0.1) is 18.6 Å². The number of nitrogens with one attached hydrogen (secondary N) is 1. The molecule has 0 aliphatic rings. The van der Waals surface area contributed by atoms with Crippen molar-refractivity contribution in [1.82, 2.24) is 0 Å². The molecule has 0 saturated heterocycles. The highest BCUT2D eigenvalue weighted by Gasteiger charge is 2.20. The fraction of sp³-hybridized carbons (Fsp3) is 0.250. The van der Waals surface area contributed by atoms with Gasteiger partial charge in [0.25, 0.3) is 10.0 Å². The Hall–Kier alpha value is -2.05. The van der Waals surface area contributed by atoms with E-state index >= 15 is 0 Å². The van der Waals surface area contributed by atoms with Crippen molar-refractivity contribution in [2.45, 2.75) is 25.3 Å². The van der Waals surface area contributed by atoms with Gasteiger partial charge in [-0.25, -0.2) is 8.42 Å². The third kappa shape index (κ3) is 3.40. The van der Waals surface area contributed by atoms with Gasteiger partial charge in [0.15, 0.2) is 0 Å². The summed E-state index contributed by atoms with van der Waals surface area (Å²) in [4.78, 5) is 0.250. The van der Waals surface area contributed by atoms with Crippen LogP contribution >= 0.6 is 0 Å². The van der Waals surface area contributed by atoms with E-state index in [1.165, 1.54) is 0 Å². The van der Waals surface area contributed by atoms with Crippen LogP contribution < -0.4 is 9.46 Å². The Morgan fingerprint density at radius 3 is 2.09 bits per heavy atom. The maximum atomic E-state index is 12.6.